The fourth-order valence-electron chi connectivity index (χ4n) is 4.62. The minimum absolute atomic E-state index is 0.0360. The number of aryl methyl sites for hydroxylation is 1. The summed E-state index contributed by atoms with van der Waals surface area (Å²) in [5.41, 5.74) is 2.13. The monoisotopic (exact) mass is 598 g/mol. The number of H-pyrrole nitrogens is 1. The molecule has 14 heteroatoms. The van der Waals surface area contributed by atoms with Crippen LogP contribution >= 0.6 is 11.6 Å². The molecule has 0 aliphatic carbocycles. The van der Waals surface area contributed by atoms with Crippen molar-refractivity contribution < 1.29 is 42.0 Å². The number of alkyl halides is 3. The van der Waals surface area contributed by atoms with Crippen molar-refractivity contribution in [3.05, 3.63) is 40.8 Å². The maximum absolute atomic E-state index is 16.1. The Hall–Kier alpha value is -3.84. The molecular weight excluding hydrogens is 572 g/mol. The lowest BCUT2D eigenvalue weighted by atomic mass is 9.98. The topological polar surface area (TPSA) is 121 Å². The molecule has 1 aliphatic rings. The zero-order valence-corrected chi connectivity index (χ0v) is 23.0. The van der Waals surface area contributed by atoms with E-state index in [2.05, 4.69) is 27.1 Å². The Morgan fingerprint density at radius 3 is 2.46 bits per heavy atom. The number of carbonyl (C=O) groups is 1. The molecule has 0 spiro atoms. The average molecular weight is 599 g/mol. The fourth-order valence-corrected chi connectivity index (χ4v) is 4.80. The number of methoxy groups -OCH3 is 1. The van der Waals surface area contributed by atoms with Crippen LogP contribution in [0.1, 0.15) is 18.5 Å². The van der Waals surface area contributed by atoms with Gasteiger partial charge in [-0.3, -0.25) is 5.10 Å². The van der Waals surface area contributed by atoms with Crippen LogP contribution < -0.4 is 9.47 Å². The van der Waals surface area contributed by atoms with Crippen molar-refractivity contribution in [2.45, 2.75) is 25.9 Å². The number of ether oxygens (including phenoxy) is 2. The Kier molecular flexibility index (Phi) is 8.78. The van der Waals surface area contributed by atoms with Gasteiger partial charge >= 0.3 is 12.1 Å². The number of hydrogen-bond donors (Lipinski definition) is 3. The van der Waals surface area contributed by atoms with Gasteiger partial charge in [0.15, 0.2) is 23.0 Å². The first-order valence-electron chi connectivity index (χ1n) is 12.5. The Morgan fingerprint density at radius 1 is 1.22 bits per heavy atom. The quantitative estimate of drug-likeness (QED) is 0.241. The maximum atomic E-state index is 16.1. The van der Waals surface area contributed by atoms with Crippen LogP contribution in [0.25, 0.3) is 33.1 Å². The summed E-state index contributed by atoms with van der Waals surface area (Å²) in [6.45, 7) is 4.41. The van der Waals surface area contributed by atoms with Crippen molar-refractivity contribution >= 4 is 39.4 Å². The van der Waals surface area contributed by atoms with Gasteiger partial charge in [-0.15, -0.1) is 0 Å². The van der Waals surface area contributed by atoms with Crippen molar-refractivity contribution in [1.29, 1.82) is 0 Å². The smallest absolute Gasteiger partial charge is 0.490 e. The number of hydrogen-bond acceptors (Lipinski definition) is 7. The summed E-state index contributed by atoms with van der Waals surface area (Å²) in [4.78, 5) is 15.8. The summed E-state index contributed by atoms with van der Waals surface area (Å²) in [5, 5.41) is 26.0. The van der Waals surface area contributed by atoms with Crippen LogP contribution in [0.15, 0.2) is 24.3 Å². The molecule has 2 aromatic carbocycles. The van der Waals surface area contributed by atoms with Gasteiger partial charge in [0.25, 0.3) is 0 Å². The third-order valence-corrected chi connectivity index (χ3v) is 7.12. The molecule has 41 heavy (non-hydrogen) atoms. The first-order valence-corrected chi connectivity index (χ1v) is 12.8. The minimum Gasteiger partial charge on any atom is -0.506 e. The first-order chi connectivity index (χ1) is 19.3. The number of benzene rings is 2. The number of halogens is 5. The second kappa shape index (κ2) is 12.0. The van der Waals surface area contributed by atoms with Gasteiger partial charge in [0.2, 0.25) is 0 Å². The number of likely N-dealkylation sites (tertiary alicyclic amines) is 1. The van der Waals surface area contributed by atoms with E-state index in [4.69, 9.17) is 31.0 Å². The number of carboxylic acids is 1. The third kappa shape index (κ3) is 6.41. The maximum Gasteiger partial charge on any atom is 0.490 e. The number of phenols is 1. The molecule has 9 nitrogen and oxygen atoms in total. The number of fused-ring (bicyclic) bond motifs is 3. The number of phenolic OH excluding ortho intramolecular Hbond substituents is 1. The van der Waals surface area contributed by atoms with Crippen LogP contribution in [0.3, 0.4) is 0 Å². The van der Waals surface area contributed by atoms with Gasteiger partial charge in [-0.25, -0.2) is 14.2 Å². The van der Waals surface area contributed by atoms with E-state index < -0.39 is 18.0 Å². The zero-order valence-electron chi connectivity index (χ0n) is 22.3. The van der Waals surface area contributed by atoms with Crippen molar-refractivity contribution in [3.8, 4) is 28.5 Å². The summed E-state index contributed by atoms with van der Waals surface area (Å²) in [6, 6.07) is 6.47. The number of pyridine rings is 1. The molecule has 220 valence electrons. The van der Waals surface area contributed by atoms with Crippen molar-refractivity contribution in [2.24, 2.45) is 5.92 Å². The first kappa shape index (κ1) is 30.1. The van der Waals surface area contributed by atoms with Crippen LogP contribution in [-0.2, 0) is 4.79 Å². The van der Waals surface area contributed by atoms with E-state index >= 15 is 4.39 Å². The normalized spacial score (nSPS) is 14.6. The summed E-state index contributed by atoms with van der Waals surface area (Å²) in [7, 11) is 3.54. The SMILES string of the molecule is COc1c(OCC2CCN(C)CC2)cc2c(c(-c3ccc(O)c(Cl)c3)nc3n[nH]c(C)c32)c1F.O=C(O)C(F)(F)F. The lowest BCUT2D eigenvalue weighted by Crippen LogP contribution is -2.32. The van der Waals surface area contributed by atoms with E-state index in [1.165, 1.54) is 13.2 Å². The van der Waals surface area contributed by atoms with Crippen LogP contribution in [0.4, 0.5) is 17.6 Å². The number of carboxylic acid groups (broad SMARTS) is 1. The molecule has 1 aliphatic heterocycles. The molecule has 0 saturated carbocycles. The molecule has 0 bridgehead atoms. The summed E-state index contributed by atoms with van der Waals surface area (Å²) >= 11 is 6.14. The molecule has 3 heterocycles. The van der Waals surface area contributed by atoms with E-state index in [0.29, 0.717) is 46.0 Å². The van der Waals surface area contributed by atoms with Gasteiger partial charge < -0.3 is 24.6 Å². The van der Waals surface area contributed by atoms with Crippen LogP contribution in [-0.4, -0.2) is 76.3 Å². The lowest BCUT2D eigenvalue weighted by Gasteiger charge is -2.29. The standard InChI is InChI=1S/C25H26ClFN4O3.C2HF3O2/c1-13-20-16-11-19(34-12-14-6-8-31(2)9-7-14)24(33-3)22(27)21(16)23(28-25(20)30-29-13)15-4-5-18(32)17(26)10-15;3-2(4,5)1(6)7/h4-5,10-11,14,32H,6-9,12H2,1-3H3,(H,28,29,30);(H,6,7). The number of aromatic nitrogens is 3. The van der Waals surface area contributed by atoms with Crippen LogP contribution in [0, 0.1) is 18.7 Å². The molecule has 3 N–H and O–H groups in total. The average Bonchev–Trinajstić information content (AvgIpc) is 3.30. The Morgan fingerprint density at radius 2 is 1.88 bits per heavy atom. The summed E-state index contributed by atoms with van der Waals surface area (Å²) in [5.74, 6) is -2.58. The van der Waals surface area contributed by atoms with Gasteiger partial charge in [-0.1, -0.05) is 11.6 Å². The fraction of sp³-hybridized carbons (Fsp3) is 0.370. The molecule has 0 radical (unpaired) electrons. The number of nitrogens with one attached hydrogen (secondary N) is 1. The number of nitrogens with zero attached hydrogens (tertiary/aromatic N) is 3. The predicted molar refractivity (Wildman–Crippen MR) is 144 cm³/mol. The van der Waals surface area contributed by atoms with E-state index in [9.17, 15) is 18.3 Å². The lowest BCUT2D eigenvalue weighted by molar-refractivity contribution is -0.192. The number of piperidine rings is 1. The number of aromatic hydroxyl groups is 1. The molecule has 1 saturated heterocycles. The second-order valence-corrected chi connectivity index (χ2v) is 10.1. The predicted octanol–water partition coefficient (Wildman–Crippen LogP) is 5.95. The van der Waals surface area contributed by atoms with Gasteiger partial charge in [-0.05, 0) is 70.1 Å². The van der Waals surface area contributed by atoms with E-state index in [1.807, 2.05) is 13.0 Å². The van der Waals surface area contributed by atoms with Gasteiger partial charge in [0, 0.05) is 27.4 Å². The van der Waals surface area contributed by atoms with E-state index in [-0.39, 0.29) is 21.9 Å². The zero-order chi connectivity index (χ0) is 30.1. The highest BCUT2D eigenvalue weighted by Gasteiger charge is 2.38. The Bertz CT molecular complexity index is 1590. The molecule has 0 atom stereocenters. The number of aliphatic carboxylic acids is 1. The summed E-state index contributed by atoms with van der Waals surface area (Å²) < 4.78 is 59.4. The molecule has 1 fully saturated rings. The molecule has 4 aromatic rings. The Labute approximate surface area is 236 Å². The van der Waals surface area contributed by atoms with Crippen molar-refractivity contribution in [1.82, 2.24) is 20.1 Å². The highest BCUT2D eigenvalue weighted by molar-refractivity contribution is 6.32. The Balaban J connectivity index is 0.000000493. The van der Waals surface area contributed by atoms with E-state index in [1.54, 1.807) is 12.1 Å². The molecular formula is C27H27ClF4N4O5. The highest BCUT2D eigenvalue weighted by Crippen LogP contribution is 2.44. The molecule has 0 unspecified atom stereocenters. The van der Waals surface area contributed by atoms with Crippen LogP contribution in [0.5, 0.6) is 17.2 Å². The molecule has 2 aromatic heterocycles. The minimum atomic E-state index is -5.08. The van der Waals surface area contributed by atoms with Gasteiger partial charge in [0.05, 0.1) is 24.4 Å². The van der Waals surface area contributed by atoms with Crippen LogP contribution in [0.2, 0.25) is 5.02 Å². The largest absolute Gasteiger partial charge is 0.506 e. The number of rotatable bonds is 5. The van der Waals surface area contributed by atoms with Gasteiger partial charge in [0.1, 0.15) is 5.75 Å². The molecule has 0 amide bonds. The highest BCUT2D eigenvalue weighted by atomic mass is 35.5. The number of aromatic amines is 1. The van der Waals surface area contributed by atoms with Gasteiger partial charge in [-0.2, -0.15) is 18.3 Å². The second-order valence-electron chi connectivity index (χ2n) is 9.68. The van der Waals surface area contributed by atoms with Crippen molar-refractivity contribution in [2.75, 3.05) is 33.9 Å². The van der Waals surface area contributed by atoms with E-state index in [0.717, 1.165) is 31.6 Å². The third-order valence-electron chi connectivity index (χ3n) is 6.82. The summed E-state index contributed by atoms with van der Waals surface area (Å²) in [6.07, 6.45) is -3.01. The molecule has 5 rings (SSSR count). The van der Waals surface area contributed by atoms with Crippen molar-refractivity contribution in [3.63, 3.8) is 0 Å².